The first-order valence-corrected chi connectivity index (χ1v) is 5.36. The van der Waals surface area contributed by atoms with Crippen molar-refractivity contribution in [2.75, 3.05) is 6.61 Å². The fraction of sp³-hybridized carbons (Fsp3) is 0.875. The van der Waals surface area contributed by atoms with E-state index in [9.17, 15) is 4.79 Å². The van der Waals surface area contributed by atoms with Gasteiger partial charge in [-0.3, -0.25) is 4.79 Å². The molecule has 0 radical (unpaired) electrons. The van der Waals surface area contributed by atoms with Gasteiger partial charge >= 0.3 is 0 Å². The van der Waals surface area contributed by atoms with Crippen molar-refractivity contribution < 1.29 is 9.53 Å². The van der Waals surface area contributed by atoms with E-state index in [-0.39, 0.29) is 5.22 Å². The third-order valence-corrected chi connectivity index (χ3v) is 3.73. The van der Waals surface area contributed by atoms with Crippen LogP contribution in [0, 0.1) is 0 Å². The van der Waals surface area contributed by atoms with Crippen molar-refractivity contribution in [1.29, 1.82) is 0 Å². The number of carbonyl (C=O) groups is 1. The summed E-state index contributed by atoms with van der Waals surface area (Å²) in [7, 11) is 0.852. The van der Waals surface area contributed by atoms with Gasteiger partial charge in [0.15, 0.2) is 5.78 Å². The summed E-state index contributed by atoms with van der Waals surface area (Å²) in [6.07, 6.45) is 3.88. The Morgan fingerprint density at radius 2 is 2.36 bits per heavy atom. The predicted octanol–water partition coefficient (Wildman–Crippen LogP) is 0.228. The van der Waals surface area contributed by atoms with E-state index in [1.807, 2.05) is 6.92 Å². The zero-order chi connectivity index (χ0) is 8.32. The molecule has 0 aromatic heterocycles. The second-order valence-electron chi connectivity index (χ2n) is 3.31. The first-order valence-electron chi connectivity index (χ1n) is 4.36. The van der Waals surface area contributed by atoms with Crippen molar-refractivity contribution in [3.05, 3.63) is 0 Å². The Balaban J connectivity index is 2.56. The molecule has 0 saturated carbocycles. The molecule has 0 bridgehead atoms. The Bertz CT molecular complexity index is 150. The van der Waals surface area contributed by atoms with Crippen LogP contribution < -0.4 is 0 Å². The predicted molar refractivity (Wildman–Crippen MR) is 47.8 cm³/mol. The minimum Gasteiger partial charge on any atom is -0.372 e. The minimum atomic E-state index is -0.312. The van der Waals surface area contributed by atoms with E-state index in [4.69, 9.17) is 4.74 Å². The molecule has 0 aromatic carbocycles. The second kappa shape index (κ2) is 3.50. The molecular formula is C8H16O2Si. The van der Waals surface area contributed by atoms with Crippen LogP contribution in [0.1, 0.15) is 32.6 Å². The lowest BCUT2D eigenvalue weighted by Gasteiger charge is -2.32. The van der Waals surface area contributed by atoms with Crippen LogP contribution in [-0.4, -0.2) is 27.9 Å². The summed E-state index contributed by atoms with van der Waals surface area (Å²) in [6, 6.07) is 0. The largest absolute Gasteiger partial charge is 0.372 e. The van der Waals surface area contributed by atoms with Crippen LogP contribution in [0.3, 0.4) is 0 Å². The molecule has 0 N–H and O–H groups in total. The topological polar surface area (TPSA) is 26.3 Å². The Morgan fingerprint density at radius 1 is 1.64 bits per heavy atom. The average molecular weight is 172 g/mol. The van der Waals surface area contributed by atoms with Crippen LogP contribution in [0.15, 0.2) is 0 Å². The third-order valence-electron chi connectivity index (χ3n) is 2.38. The molecule has 3 heteroatoms. The molecule has 1 fully saturated rings. The average Bonchev–Trinajstić information content (AvgIpc) is 2.04. The lowest BCUT2D eigenvalue weighted by Crippen LogP contribution is -2.44. The molecule has 1 unspecified atom stereocenters. The molecule has 0 amide bonds. The molecule has 1 rings (SSSR count). The standard InChI is InChI=1S/C8H16O2Si/c1-2-7(9)8(11)5-3-4-6-10-8/h2-6H2,1,11H3. The number of Topliss-reactive ketones (excluding diaryl/α,β-unsaturated/α-hetero) is 1. The third kappa shape index (κ3) is 1.90. The molecule has 1 aliphatic heterocycles. The molecule has 0 aromatic rings. The van der Waals surface area contributed by atoms with Crippen LogP contribution in [-0.2, 0) is 9.53 Å². The molecule has 64 valence electrons. The maximum absolute atomic E-state index is 11.4. The van der Waals surface area contributed by atoms with Gasteiger partial charge in [-0.2, -0.15) is 0 Å². The summed E-state index contributed by atoms with van der Waals surface area (Å²) in [4.78, 5) is 11.4. The zero-order valence-corrected chi connectivity index (χ0v) is 9.35. The summed E-state index contributed by atoms with van der Waals surface area (Å²) >= 11 is 0. The minimum absolute atomic E-state index is 0.309. The van der Waals surface area contributed by atoms with E-state index >= 15 is 0 Å². The Hall–Kier alpha value is -0.153. The maximum atomic E-state index is 11.4. The lowest BCUT2D eigenvalue weighted by atomic mass is 10.0. The summed E-state index contributed by atoms with van der Waals surface area (Å²) < 4.78 is 5.53. The Labute approximate surface area is 70.7 Å². The van der Waals surface area contributed by atoms with Crippen molar-refractivity contribution in [3.8, 4) is 0 Å². The van der Waals surface area contributed by atoms with Gasteiger partial charge in [-0.25, -0.2) is 0 Å². The molecule has 1 heterocycles. The van der Waals surface area contributed by atoms with E-state index in [0.717, 1.165) is 36.1 Å². The first kappa shape index (κ1) is 8.94. The highest BCUT2D eigenvalue weighted by molar-refractivity contribution is 6.27. The summed E-state index contributed by atoms with van der Waals surface area (Å²) in [5.74, 6) is 0.309. The number of hydrogen-bond acceptors (Lipinski definition) is 2. The van der Waals surface area contributed by atoms with Crippen molar-refractivity contribution in [1.82, 2.24) is 0 Å². The molecule has 0 aliphatic carbocycles. The van der Waals surface area contributed by atoms with Crippen LogP contribution in [0.5, 0.6) is 0 Å². The highest BCUT2D eigenvalue weighted by Gasteiger charge is 2.33. The molecule has 2 nitrogen and oxygen atoms in total. The van der Waals surface area contributed by atoms with Gasteiger partial charge in [0, 0.05) is 13.0 Å². The Kier molecular flexibility index (Phi) is 2.84. The monoisotopic (exact) mass is 172 g/mol. The van der Waals surface area contributed by atoms with Crippen LogP contribution >= 0.6 is 0 Å². The van der Waals surface area contributed by atoms with Crippen molar-refractivity contribution in [3.63, 3.8) is 0 Å². The van der Waals surface area contributed by atoms with Gasteiger partial charge in [0.25, 0.3) is 0 Å². The molecule has 1 saturated heterocycles. The fourth-order valence-electron chi connectivity index (χ4n) is 1.53. The van der Waals surface area contributed by atoms with Gasteiger partial charge in [-0.05, 0) is 19.3 Å². The van der Waals surface area contributed by atoms with Gasteiger partial charge in [0.1, 0.15) is 5.22 Å². The van der Waals surface area contributed by atoms with E-state index in [1.54, 1.807) is 0 Å². The van der Waals surface area contributed by atoms with Gasteiger partial charge in [-0.1, -0.05) is 6.92 Å². The maximum Gasteiger partial charge on any atom is 0.159 e. The lowest BCUT2D eigenvalue weighted by molar-refractivity contribution is -0.138. The quantitative estimate of drug-likeness (QED) is 0.557. The van der Waals surface area contributed by atoms with E-state index < -0.39 is 0 Å². The zero-order valence-electron chi connectivity index (χ0n) is 7.35. The Morgan fingerprint density at radius 3 is 2.82 bits per heavy atom. The smallest absolute Gasteiger partial charge is 0.159 e. The van der Waals surface area contributed by atoms with Crippen LogP contribution in [0.4, 0.5) is 0 Å². The van der Waals surface area contributed by atoms with E-state index in [1.165, 1.54) is 0 Å². The molecule has 11 heavy (non-hydrogen) atoms. The SMILES string of the molecule is CCC(=O)C1([SiH3])CCCCO1. The number of carbonyl (C=O) groups excluding carboxylic acids is 1. The summed E-state index contributed by atoms with van der Waals surface area (Å²) in [5.41, 5.74) is 0. The molecular weight excluding hydrogens is 156 g/mol. The van der Waals surface area contributed by atoms with Crippen LogP contribution in [0.25, 0.3) is 0 Å². The number of hydrogen-bond donors (Lipinski definition) is 0. The first-order chi connectivity index (χ1) is 5.19. The van der Waals surface area contributed by atoms with Gasteiger partial charge < -0.3 is 4.74 Å². The number of rotatable bonds is 2. The van der Waals surface area contributed by atoms with Crippen molar-refractivity contribution in [2.45, 2.75) is 37.8 Å². The second-order valence-corrected chi connectivity index (χ2v) is 4.93. The summed E-state index contributed by atoms with van der Waals surface area (Å²) in [6.45, 7) is 2.70. The molecule has 1 atom stereocenters. The summed E-state index contributed by atoms with van der Waals surface area (Å²) in [5, 5.41) is -0.312. The number of ketones is 1. The molecule has 1 aliphatic rings. The van der Waals surface area contributed by atoms with Gasteiger partial charge in [0.2, 0.25) is 0 Å². The number of ether oxygens (including phenoxy) is 1. The highest BCUT2D eigenvalue weighted by atomic mass is 28.1. The van der Waals surface area contributed by atoms with Crippen molar-refractivity contribution >= 4 is 16.0 Å². The van der Waals surface area contributed by atoms with Crippen molar-refractivity contribution in [2.24, 2.45) is 0 Å². The van der Waals surface area contributed by atoms with Crippen LogP contribution in [0.2, 0.25) is 0 Å². The fourth-order valence-corrected chi connectivity index (χ4v) is 2.44. The van der Waals surface area contributed by atoms with E-state index in [0.29, 0.717) is 12.2 Å². The normalized spacial score (nSPS) is 32.1. The van der Waals surface area contributed by atoms with Gasteiger partial charge in [-0.15, -0.1) is 0 Å². The van der Waals surface area contributed by atoms with E-state index in [2.05, 4.69) is 0 Å². The molecule has 0 spiro atoms. The highest BCUT2D eigenvalue weighted by Crippen LogP contribution is 2.23. The van der Waals surface area contributed by atoms with Gasteiger partial charge in [0.05, 0.1) is 10.2 Å².